The van der Waals surface area contributed by atoms with Gasteiger partial charge in [0.1, 0.15) is 24.8 Å². The van der Waals surface area contributed by atoms with Crippen LogP contribution in [0, 0.1) is 19.7 Å². The number of phenols is 1. The van der Waals surface area contributed by atoms with E-state index in [1.54, 1.807) is 11.5 Å². The molecule has 2 aromatic heterocycles. The van der Waals surface area contributed by atoms with Crippen LogP contribution in [0.2, 0.25) is 0 Å². The number of aromatic hydroxyl groups is 1. The summed E-state index contributed by atoms with van der Waals surface area (Å²) in [5, 5.41) is 46.2. The Morgan fingerprint density at radius 1 is 1.00 bits per heavy atom. The van der Waals surface area contributed by atoms with Crippen LogP contribution in [-0.2, 0) is 56.4 Å². The molecule has 4 aromatic rings. The van der Waals surface area contributed by atoms with Crippen LogP contribution in [0.1, 0.15) is 79.5 Å². The minimum Gasteiger partial charge on any atom is -0.506 e. The van der Waals surface area contributed by atoms with Crippen molar-refractivity contribution in [3.05, 3.63) is 85.4 Å². The molecule has 1 fully saturated rings. The van der Waals surface area contributed by atoms with E-state index >= 15 is 0 Å². The van der Waals surface area contributed by atoms with Crippen LogP contribution in [0.4, 0.5) is 19.7 Å². The monoisotopic (exact) mass is 857 g/mol. The predicted octanol–water partition coefficient (Wildman–Crippen LogP) is 4.63. The van der Waals surface area contributed by atoms with Crippen molar-refractivity contribution in [2.45, 2.75) is 99.2 Å². The number of aromatic nitrogens is 2. The molecule has 3 aliphatic rings. The van der Waals surface area contributed by atoms with Gasteiger partial charge in [0.15, 0.2) is 0 Å². The van der Waals surface area contributed by atoms with E-state index < -0.39 is 30.4 Å². The van der Waals surface area contributed by atoms with E-state index in [9.17, 15) is 28.7 Å². The summed E-state index contributed by atoms with van der Waals surface area (Å²) in [7, 11) is 0. The summed E-state index contributed by atoms with van der Waals surface area (Å²) in [6, 6.07) is 7.70. The number of hydrogen-bond donors (Lipinski definition) is 8. The molecule has 4 heterocycles. The van der Waals surface area contributed by atoms with Crippen molar-refractivity contribution >= 4 is 41.2 Å². The smallest absolute Gasteiger partial charge is 0.506 e. The average molecular weight is 858 g/mol. The van der Waals surface area contributed by atoms with Gasteiger partial charge < -0.3 is 61.1 Å². The number of anilines is 1. The van der Waals surface area contributed by atoms with Gasteiger partial charge in [-0.15, -0.1) is 0 Å². The topological polar surface area (TPSA) is 296 Å². The molecule has 0 bridgehead atoms. The SMILES string of the molecule is CC.CC.Cc1cc2n(c(=O)c1COC(=O)O)Cc1c-2nc2cc(F)c(C)c3c2c1CCC3.NCC(=O)Nc1cc(COC(N)=O)ccc1O.O=CO.OC1COCC(O)C1. The number of nitrogens with two attached hydrogens (primary N) is 2. The van der Waals surface area contributed by atoms with E-state index in [1.165, 1.54) is 24.3 Å². The van der Waals surface area contributed by atoms with Crippen molar-refractivity contribution in [2.75, 3.05) is 25.1 Å². The molecule has 61 heavy (non-hydrogen) atoms. The van der Waals surface area contributed by atoms with E-state index in [1.807, 2.05) is 40.7 Å². The molecule has 2 unspecified atom stereocenters. The Morgan fingerprint density at radius 3 is 2.18 bits per heavy atom. The molecule has 19 heteroatoms. The lowest BCUT2D eigenvalue weighted by Gasteiger charge is -2.21. The zero-order valence-electron chi connectivity index (χ0n) is 35.1. The maximum Gasteiger partial charge on any atom is 0.506 e. The third-order valence-corrected chi connectivity index (χ3v) is 9.26. The number of pyridine rings is 2. The van der Waals surface area contributed by atoms with Crippen molar-refractivity contribution in [1.82, 2.24) is 9.55 Å². The van der Waals surface area contributed by atoms with Gasteiger partial charge in [-0.2, -0.15) is 0 Å². The molecule has 2 aromatic carbocycles. The molecular formula is C42H56FN5O13. The molecule has 10 N–H and O–H groups in total. The Kier molecular flexibility index (Phi) is 20.7. The predicted molar refractivity (Wildman–Crippen MR) is 224 cm³/mol. The first-order chi connectivity index (χ1) is 29.1. The Labute approximate surface area is 351 Å². The number of ether oxygens (including phenoxy) is 3. The third-order valence-electron chi connectivity index (χ3n) is 9.26. The molecule has 0 saturated carbocycles. The zero-order valence-corrected chi connectivity index (χ0v) is 35.1. The quantitative estimate of drug-likeness (QED) is 0.0656. The number of aliphatic hydroxyl groups excluding tert-OH is 2. The standard InChI is InChI=1S/C22H19FN2O4.C10H13N3O4.C5H10O3.2C2H6.CH2O2/c1-10-6-18-20-14(8-25(18)21(26)15(10)9-29-22(27)28)13-5-3-4-12-11(2)16(23)7-17(24-20)19(12)13;11-4-9(15)13-7-3-6(1-2-8(7)14)5-17-10(12)16;6-4-1-5(7)3-8-2-4;2*1-2;2-1-3/h6-7H,3-5,8-9H2,1-2H3,(H,27,28);1-3,14H,4-5,11H2,(H2,12,16)(H,13,15);4-7H,1-3H2;2*1-2H3;1H,(H,2,3). The Balaban J connectivity index is 0.000000338. The minimum atomic E-state index is -1.42. The molecule has 2 aliphatic heterocycles. The van der Waals surface area contributed by atoms with Crippen molar-refractivity contribution in [1.29, 1.82) is 0 Å². The molecule has 2 atom stereocenters. The zero-order chi connectivity index (χ0) is 46.0. The number of benzene rings is 2. The fourth-order valence-electron chi connectivity index (χ4n) is 6.66. The second-order valence-electron chi connectivity index (χ2n) is 13.2. The highest BCUT2D eigenvalue weighted by molar-refractivity contribution is 5.94. The molecule has 2 amide bonds. The fraction of sp³-hybridized carbons (Fsp3) is 0.429. The van der Waals surface area contributed by atoms with Gasteiger partial charge >= 0.3 is 12.2 Å². The summed E-state index contributed by atoms with van der Waals surface area (Å²) in [5.41, 5.74) is 17.3. The molecule has 0 spiro atoms. The van der Waals surface area contributed by atoms with E-state index in [0.717, 1.165) is 47.0 Å². The van der Waals surface area contributed by atoms with E-state index in [2.05, 4.69) is 14.8 Å². The number of amides is 2. The van der Waals surface area contributed by atoms with Crippen LogP contribution in [0.3, 0.4) is 0 Å². The normalized spacial score (nSPS) is 15.0. The number of rotatable bonds is 6. The summed E-state index contributed by atoms with van der Waals surface area (Å²) in [4.78, 5) is 58.4. The third kappa shape index (κ3) is 13.7. The summed E-state index contributed by atoms with van der Waals surface area (Å²) in [6.45, 7) is 11.9. The van der Waals surface area contributed by atoms with Crippen LogP contribution in [0.25, 0.3) is 22.3 Å². The van der Waals surface area contributed by atoms with Crippen LogP contribution in [0.15, 0.2) is 35.1 Å². The lowest BCUT2D eigenvalue weighted by Crippen LogP contribution is -2.32. The number of carboxylic acid groups (broad SMARTS) is 2. The lowest BCUT2D eigenvalue weighted by molar-refractivity contribution is -0.123. The second-order valence-corrected chi connectivity index (χ2v) is 13.2. The number of halogens is 1. The van der Waals surface area contributed by atoms with Crippen molar-refractivity contribution < 1.29 is 63.3 Å². The van der Waals surface area contributed by atoms with Crippen LogP contribution in [0.5, 0.6) is 5.75 Å². The number of carbonyl (C=O) groups is 4. The van der Waals surface area contributed by atoms with E-state index in [0.29, 0.717) is 59.6 Å². The highest BCUT2D eigenvalue weighted by atomic mass is 19.1. The summed E-state index contributed by atoms with van der Waals surface area (Å²) in [5.74, 6) is -0.788. The highest BCUT2D eigenvalue weighted by Crippen LogP contribution is 2.41. The second kappa shape index (κ2) is 24.8. The van der Waals surface area contributed by atoms with Gasteiger partial charge in [-0.1, -0.05) is 33.8 Å². The van der Waals surface area contributed by atoms with Gasteiger partial charge in [0.05, 0.1) is 66.7 Å². The van der Waals surface area contributed by atoms with Gasteiger partial charge in [0.2, 0.25) is 5.91 Å². The largest absolute Gasteiger partial charge is 0.506 e. The van der Waals surface area contributed by atoms with Crippen LogP contribution >= 0.6 is 0 Å². The first-order valence-corrected chi connectivity index (χ1v) is 19.6. The first-order valence-electron chi connectivity index (χ1n) is 19.6. The number of fused-ring (bicyclic) bond motifs is 4. The van der Waals surface area contributed by atoms with Crippen LogP contribution < -0.4 is 22.3 Å². The maximum atomic E-state index is 14.5. The van der Waals surface area contributed by atoms with Crippen molar-refractivity contribution in [3.63, 3.8) is 0 Å². The van der Waals surface area contributed by atoms with E-state index in [-0.39, 0.29) is 49.0 Å². The molecule has 1 aliphatic carbocycles. The average Bonchev–Trinajstić information content (AvgIpc) is 3.60. The molecule has 0 radical (unpaired) electrons. The van der Waals surface area contributed by atoms with Crippen LogP contribution in [-0.4, -0.2) is 91.7 Å². The molecule has 1 saturated heterocycles. The number of nitrogens with one attached hydrogen (secondary N) is 1. The number of primary amides is 1. The summed E-state index contributed by atoms with van der Waals surface area (Å²) in [6.07, 6.45) is -0.139. The highest BCUT2D eigenvalue weighted by Gasteiger charge is 2.30. The molecule has 334 valence electrons. The fourth-order valence-corrected chi connectivity index (χ4v) is 6.66. The summed E-state index contributed by atoms with van der Waals surface area (Å²) < 4.78 is 30.1. The van der Waals surface area contributed by atoms with Crippen molar-refractivity contribution in [2.24, 2.45) is 11.5 Å². The minimum absolute atomic E-state index is 0.0406. The Morgan fingerprint density at radius 2 is 1.62 bits per heavy atom. The number of aliphatic hydroxyl groups is 2. The maximum absolute atomic E-state index is 14.5. The number of phenolic OH excluding ortho intramolecular Hbond substituents is 1. The van der Waals surface area contributed by atoms with Gasteiger partial charge in [-0.3, -0.25) is 14.4 Å². The first kappa shape index (κ1) is 51.0. The molecule has 18 nitrogen and oxygen atoms in total. The number of nitrogens with zero attached hydrogens (tertiary/aromatic N) is 2. The van der Waals surface area contributed by atoms with Gasteiger partial charge in [-0.05, 0) is 79.1 Å². The Hall–Kier alpha value is -6.15. The van der Waals surface area contributed by atoms with Gasteiger partial charge in [-0.25, -0.2) is 19.0 Å². The van der Waals surface area contributed by atoms with Crippen molar-refractivity contribution in [3.8, 4) is 17.1 Å². The Bertz CT molecular complexity index is 2210. The van der Waals surface area contributed by atoms with E-state index in [4.69, 9.17) is 46.4 Å². The molecule has 7 rings (SSSR count). The number of hydrogen-bond acceptors (Lipinski definition) is 13. The van der Waals surface area contributed by atoms with Gasteiger partial charge in [0.25, 0.3) is 12.0 Å². The molecular weight excluding hydrogens is 801 g/mol. The lowest BCUT2D eigenvalue weighted by atomic mass is 9.85. The number of carbonyl (C=O) groups excluding carboxylic acids is 2. The summed E-state index contributed by atoms with van der Waals surface area (Å²) >= 11 is 0. The number of aryl methyl sites for hydroxylation is 3. The van der Waals surface area contributed by atoms with Gasteiger partial charge in [0, 0.05) is 23.4 Å².